The third kappa shape index (κ3) is 3.39. The normalized spacial score (nSPS) is 10.6. The Kier molecular flexibility index (Phi) is 4.57. The first-order valence-corrected chi connectivity index (χ1v) is 7.02. The standard InChI is InChI=1S/C15H20N4O2/c1-4-7-16-13-6-5-12(8-17-13)9-19-15(21)11(3)10(2)14(20)18-19/h5-6,8H,4,7,9H2,1-3H3,(H,16,17)(H,18,20). The molecule has 112 valence electrons. The van der Waals surface area contributed by atoms with Crippen molar-refractivity contribution in [2.24, 2.45) is 0 Å². The van der Waals surface area contributed by atoms with Crippen LogP contribution in [0, 0.1) is 13.8 Å². The van der Waals surface area contributed by atoms with Crippen LogP contribution in [-0.4, -0.2) is 21.3 Å². The van der Waals surface area contributed by atoms with Gasteiger partial charge in [0, 0.05) is 23.9 Å². The van der Waals surface area contributed by atoms with Gasteiger partial charge in [-0.15, -0.1) is 0 Å². The van der Waals surface area contributed by atoms with E-state index in [1.165, 1.54) is 4.68 Å². The topological polar surface area (TPSA) is 79.8 Å². The van der Waals surface area contributed by atoms with Gasteiger partial charge in [-0.2, -0.15) is 0 Å². The van der Waals surface area contributed by atoms with Crippen LogP contribution < -0.4 is 16.4 Å². The summed E-state index contributed by atoms with van der Waals surface area (Å²) in [6.45, 7) is 6.57. The fourth-order valence-corrected chi connectivity index (χ4v) is 1.96. The number of nitrogens with zero attached hydrogens (tertiary/aromatic N) is 2. The van der Waals surface area contributed by atoms with E-state index in [0.29, 0.717) is 17.7 Å². The lowest BCUT2D eigenvalue weighted by Gasteiger charge is -2.09. The van der Waals surface area contributed by atoms with E-state index < -0.39 is 0 Å². The van der Waals surface area contributed by atoms with Crippen molar-refractivity contribution in [3.8, 4) is 0 Å². The second-order valence-corrected chi connectivity index (χ2v) is 5.06. The molecule has 0 radical (unpaired) electrons. The summed E-state index contributed by atoms with van der Waals surface area (Å²) in [5, 5.41) is 5.77. The Morgan fingerprint density at radius 1 is 1.24 bits per heavy atom. The van der Waals surface area contributed by atoms with Crippen molar-refractivity contribution in [2.45, 2.75) is 33.7 Å². The van der Waals surface area contributed by atoms with E-state index in [9.17, 15) is 9.59 Å². The average molecular weight is 288 g/mol. The lowest BCUT2D eigenvalue weighted by atomic mass is 10.2. The summed E-state index contributed by atoms with van der Waals surface area (Å²) in [5.41, 5.74) is 1.39. The lowest BCUT2D eigenvalue weighted by Crippen LogP contribution is -2.33. The molecular formula is C15H20N4O2. The molecule has 0 fully saturated rings. The van der Waals surface area contributed by atoms with Gasteiger partial charge in [-0.3, -0.25) is 14.7 Å². The Labute approximate surface area is 122 Å². The van der Waals surface area contributed by atoms with Crippen LogP contribution in [0.3, 0.4) is 0 Å². The van der Waals surface area contributed by atoms with E-state index in [1.54, 1.807) is 20.0 Å². The number of rotatable bonds is 5. The number of H-pyrrole nitrogens is 1. The highest BCUT2D eigenvalue weighted by molar-refractivity contribution is 5.35. The maximum absolute atomic E-state index is 12.1. The Bertz CT molecular complexity index is 729. The molecule has 0 saturated carbocycles. The summed E-state index contributed by atoms with van der Waals surface area (Å²) >= 11 is 0. The molecule has 0 aliphatic heterocycles. The second kappa shape index (κ2) is 6.39. The molecule has 2 N–H and O–H groups in total. The predicted molar refractivity (Wildman–Crippen MR) is 82.9 cm³/mol. The van der Waals surface area contributed by atoms with E-state index in [1.807, 2.05) is 12.1 Å². The third-order valence-electron chi connectivity index (χ3n) is 3.43. The Morgan fingerprint density at radius 3 is 2.62 bits per heavy atom. The Morgan fingerprint density at radius 2 is 2.00 bits per heavy atom. The van der Waals surface area contributed by atoms with Crippen molar-refractivity contribution in [1.29, 1.82) is 0 Å². The molecule has 0 aliphatic rings. The van der Waals surface area contributed by atoms with Crippen LogP contribution in [0.5, 0.6) is 0 Å². The molecule has 0 saturated heterocycles. The first kappa shape index (κ1) is 15.0. The zero-order chi connectivity index (χ0) is 15.4. The summed E-state index contributed by atoms with van der Waals surface area (Å²) in [4.78, 5) is 28.1. The predicted octanol–water partition coefficient (Wildman–Crippen LogP) is 1.42. The van der Waals surface area contributed by atoms with Crippen LogP contribution in [0.2, 0.25) is 0 Å². The average Bonchev–Trinajstić information content (AvgIpc) is 2.50. The highest BCUT2D eigenvalue weighted by Gasteiger charge is 2.07. The van der Waals surface area contributed by atoms with Crippen molar-refractivity contribution in [3.05, 3.63) is 55.7 Å². The van der Waals surface area contributed by atoms with Gasteiger partial charge in [-0.05, 0) is 31.9 Å². The van der Waals surface area contributed by atoms with Gasteiger partial charge in [0.25, 0.3) is 11.1 Å². The minimum atomic E-state index is -0.235. The maximum atomic E-state index is 12.1. The van der Waals surface area contributed by atoms with Gasteiger partial charge < -0.3 is 5.32 Å². The highest BCUT2D eigenvalue weighted by atomic mass is 16.2. The molecule has 2 heterocycles. The lowest BCUT2D eigenvalue weighted by molar-refractivity contribution is 0.617. The minimum Gasteiger partial charge on any atom is -0.370 e. The third-order valence-corrected chi connectivity index (χ3v) is 3.43. The van der Waals surface area contributed by atoms with Crippen LogP contribution in [0.1, 0.15) is 30.0 Å². The van der Waals surface area contributed by atoms with Crippen molar-refractivity contribution in [1.82, 2.24) is 14.8 Å². The summed E-state index contributed by atoms with van der Waals surface area (Å²) in [5.74, 6) is 0.807. The number of hydrogen-bond donors (Lipinski definition) is 2. The molecule has 0 aromatic carbocycles. The fraction of sp³-hybridized carbons (Fsp3) is 0.400. The van der Waals surface area contributed by atoms with Crippen molar-refractivity contribution >= 4 is 5.82 Å². The molecule has 6 heteroatoms. The molecular weight excluding hydrogens is 268 g/mol. The summed E-state index contributed by atoms with van der Waals surface area (Å²) in [6.07, 6.45) is 2.74. The number of hydrogen-bond acceptors (Lipinski definition) is 4. The van der Waals surface area contributed by atoms with Gasteiger partial charge in [0.2, 0.25) is 0 Å². The van der Waals surface area contributed by atoms with Gasteiger partial charge in [-0.25, -0.2) is 9.67 Å². The van der Waals surface area contributed by atoms with Gasteiger partial charge in [0.1, 0.15) is 5.82 Å². The molecule has 0 amide bonds. The largest absolute Gasteiger partial charge is 0.370 e. The van der Waals surface area contributed by atoms with Crippen molar-refractivity contribution in [3.63, 3.8) is 0 Å². The van der Waals surface area contributed by atoms with Gasteiger partial charge in [0.05, 0.1) is 6.54 Å². The fourth-order valence-electron chi connectivity index (χ4n) is 1.96. The highest BCUT2D eigenvalue weighted by Crippen LogP contribution is 2.06. The molecule has 0 spiro atoms. The van der Waals surface area contributed by atoms with Gasteiger partial charge in [0.15, 0.2) is 0 Å². The molecule has 2 rings (SSSR count). The molecule has 0 aliphatic carbocycles. The van der Waals surface area contributed by atoms with E-state index in [-0.39, 0.29) is 11.1 Å². The van der Waals surface area contributed by atoms with Crippen molar-refractivity contribution < 1.29 is 0 Å². The van der Waals surface area contributed by atoms with Gasteiger partial charge in [-0.1, -0.05) is 13.0 Å². The molecule has 2 aromatic rings. The SMILES string of the molecule is CCCNc1ccc(Cn2[nH]c(=O)c(C)c(C)c2=O)cn1. The number of aromatic amines is 1. The van der Waals surface area contributed by atoms with E-state index in [2.05, 4.69) is 22.3 Å². The first-order chi connectivity index (χ1) is 10.0. The molecule has 0 unspecified atom stereocenters. The van der Waals surface area contributed by atoms with Crippen LogP contribution in [0.15, 0.2) is 27.9 Å². The number of pyridine rings is 1. The van der Waals surface area contributed by atoms with E-state index in [4.69, 9.17) is 0 Å². The van der Waals surface area contributed by atoms with Crippen molar-refractivity contribution in [2.75, 3.05) is 11.9 Å². The molecule has 6 nitrogen and oxygen atoms in total. The summed E-state index contributed by atoms with van der Waals surface area (Å²) in [7, 11) is 0. The molecule has 0 bridgehead atoms. The molecule has 21 heavy (non-hydrogen) atoms. The molecule has 2 aromatic heterocycles. The second-order valence-electron chi connectivity index (χ2n) is 5.06. The Balaban J connectivity index is 2.23. The number of anilines is 1. The summed E-state index contributed by atoms with van der Waals surface area (Å²) in [6, 6.07) is 3.76. The smallest absolute Gasteiger partial charge is 0.268 e. The maximum Gasteiger partial charge on any atom is 0.268 e. The van der Waals surface area contributed by atoms with E-state index in [0.717, 1.165) is 24.3 Å². The monoisotopic (exact) mass is 288 g/mol. The van der Waals surface area contributed by atoms with Crippen LogP contribution in [0.4, 0.5) is 5.82 Å². The summed E-state index contributed by atoms with van der Waals surface area (Å²) < 4.78 is 1.32. The van der Waals surface area contributed by atoms with Crippen LogP contribution in [0.25, 0.3) is 0 Å². The van der Waals surface area contributed by atoms with Crippen LogP contribution in [-0.2, 0) is 6.54 Å². The zero-order valence-corrected chi connectivity index (χ0v) is 12.6. The van der Waals surface area contributed by atoms with Crippen LogP contribution >= 0.6 is 0 Å². The number of nitrogens with one attached hydrogen (secondary N) is 2. The van der Waals surface area contributed by atoms with E-state index >= 15 is 0 Å². The first-order valence-electron chi connectivity index (χ1n) is 7.02. The minimum absolute atomic E-state index is 0.180. The quantitative estimate of drug-likeness (QED) is 0.872. The van der Waals surface area contributed by atoms with Gasteiger partial charge >= 0.3 is 0 Å². The number of aromatic nitrogens is 3. The molecule has 0 atom stereocenters. The Hall–Kier alpha value is -2.37. The zero-order valence-electron chi connectivity index (χ0n) is 12.6.